The van der Waals surface area contributed by atoms with Crippen LogP contribution in [0.1, 0.15) is 13.8 Å². The Morgan fingerprint density at radius 2 is 1.88 bits per heavy atom. The Labute approximate surface area is 92.1 Å². The van der Waals surface area contributed by atoms with Crippen LogP contribution in [0.5, 0.6) is 0 Å². The lowest BCUT2D eigenvalue weighted by Gasteiger charge is -2.29. The van der Waals surface area contributed by atoms with Crippen molar-refractivity contribution in [2.75, 3.05) is 0 Å². The van der Waals surface area contributed by atoms with Crippen LogP contribution in [0.25, 0.3) is 0 Å². The van der Waals surface area contributed by atoms with Gasteiger partial charge in [0, 0.05) is 0 Å². The Bertz CT molecular complexity index is 500. The summed E-state index contributed by atoms with van der Waals surface area (Å²) in [5, 5.41) is 27.0. The van der Waals surface area contributed by atoms with Crippen LogP contribution < -0.4 is 5.73 Å². The summed E-state index contributed by atoms with van der Waals surface area (Å²) in [7, 11) is 0. The van der Waals surface area contributed by atoms with E-state index in [2.05, 4.69) is 0 Å². The highest BCUT2D eigenvalue weighted by atomic mass is 16.5. The second-order valence-electron chi connectivity index (χ2n) is 3.52. The second-order valence-corrected chi connectivity index (χ2v) is 3.52. The maximum atomic E-state index is 11.5. The monoisotopic (exact) mass is 216 g/mol. The number of rotatable bonds is 1. The lowest BCUT2D eigenvalue weighted by molar-refractivity contribution is -0.137. The molecule has 0 saturated carbocycles. The maximum absolute atomic E-state index is 11.5. The fourth-order valence-electron chi connectivity index (χ4n) is 1.60. The van der Waals surface area contributed by atoms with E-state index >= 15 is 0 Å². The normalized spacial score (nSPS) is 26.2. The third kappa shape index (κ3) is 1.00. The zero-order valence-corrected chi connectivity index (χ0v) is 8.74. The van der Waals surface area contributed by atoms with Gasteiger partial charge in [-0.1, -0.05) is 0 Å². The fraction of sp³-hybridized carbons (Fsp3) is 0.400. The van der Waals surface area contributed by atoms with Crippen molar-refractivity contribution in [3.8, 4) is 18.2 Å². The molecule has 80 valence electrons. The third-order valence-corrected chi connectivity index (χ3v) is 2.77. The average molecular weight is 216 g/mol. The molecule has 0 spiro atoms. The molecule has 1 rings (SSSR count). The van der Waals surface area contributed by atoms with Crippen molar-refractivity contribution in [1.82, 2.24) is 0 Å². The first-order valence-corrected chi connectivity index (χ1v) is 4.32. The van der Waals surface area contributed by atoms with E-state index in [4.69, 9.17) is 26.3 Å². The van der Waals surface area contributed by atoms with Gasteiger partial charge < -0.3 is 10.5 Å². The molecule has 1 atom stereocenters. The molecule has 16 heavy (non-hydrogen) atoms. The van der Waals surface area contributed by atoms with Crippen molar-refractivity contribution in [3.63, 3.8) is 0 Å². The molecule has 0 amide bonds. The molecule has 1 aliphatic rings. The Morgan fingerprint density at radius 1 is 1.38 bits per heavy atom. The average Bonchev–Trinajstić information content (AvgIpc) is 2.47. The number of carbonyl (C=O) groups excluding carboxylic acids is 1. The van der Waals surface area contributed by atoms with Gasteiger partial charge in [0.15, 0.2) is 5.78 Å². The van der Waals surface area contributed by atoms with Gasteiger partial charge in [-0.2, -0.15) is 15.8 Å². The Hall–Kier alpha value is -2.52. The standard InChI is InChI=1S/C10H8N4O2/c1-6(15)9(2)10(4-12,5-13)7(3-11)8(14)16-9/h14H2,1-2H3. The van der Waals surface area contributed by atoms with Gasteiger partial charge in [-0.05, 0) is 13.8 Å². The van der Waals surface area contributed by atoms with Crippen LogP contribution in [-0.4, -0.2) is 11.4 Å². The zero-order chi connectivity index (χ0) is 12.6. The molecule has 1 unspecified atom stereocenters. The van der Waals surface area contributed by atoms with Crippen molar-refractivity contribution in [2.45, 2.75) is 19.4 Å². The Morgan fingerprint density at radius 3 is 2.19 bits per heavy atom. The van der Waals surface area contributed by atoms with Crippen molar-refractivity contribution < 1.29 is 9.53 Å². The van der Waals surface area contributed by atoms with Crippen molar-refractivity contribution in [3.05, 3.63) is 11.5 Å². The number of hydrogen-bond acceptors (Lipinski definition) is 6. The zero-order valence-electron chi connectivity index (χ0n) is 8.74. The predicted octanol–water partition coefficient (Wildman–Crippen LogP) is 0.0917. The summed E-state index contributed by atoms with van der Waals surface area (Å²) in [4.78, 5) is 11.5. The van der Waals surface area contributed by atoms with E-state index in [1.165, 1.54) is 13.8 Å². The topological polar surface area (TPSA) is 124 Å². The Balaban J connectivity index is 3.60. The van der Waals surface area contributed by atoms with Crippen LogP contribution in [-0.2, 0) is 9.53 Å². The molecule has 0 fully saturated rings. The smallest absolute Gasteiger partial charge is 0.229 e. The van der Waals surface area contributed by atoms with Crippen molar-refractivity contribution >= 4 is 5.78 Å². The number of carbonyl (C=O) groups is 1. The van der Waals surface area contributed by atoms with Crippen LogP contribution in [0, 0.1) is 39.4 Å². The first-order chi connectivity index (χ1) is 7.39. The van der Waals surface area contributed by atoms with E-state index in [1.807, 2.05) is 0 Å². The number of nitriles is 3. The van der Waals surface area contributed by atoms with Crippen LogP contribution in [0.2, 0.25) is 0 Å². The van der Waals surface area contributed by atoms with E-state index < -0.39 is 16.8 Å². The minimum absolute atomic E-state index is 0.310. The summed E-state index contributed by atoms with van der Waals surface area (Å²) in [5.41, 5.74) is 1.40. The second kappa shape index (κ2) is 3.25. The molecule has 1 aliphatic heterocycles. The summed E-state index contributed by atoms with van der Waals surface area (Å²) >= 11 is 0. The van der Waals surface area contributed by atoms with Crippen LogP contribution in [0.3, 0.4) is 0 Å². The number of Topliss-reactive ketones (excluding diaryl/α,β-unsaturated/α-hetero) is 1. The van der Waals surface area contributed by atoms with Gasteiger partial charge in [-0.3, -0.25) is 4.79 Å². The van der Waals surface area contributed by atoms with Crippen LogP contribution >= 0.6 is 0 Å². The van der Waals surface area contributed by atoms with Gasteiger partial charge in [0.05, 0.1) is 12.1 Å². The molecule has 0 aromatic heterocycles. The SMILES string of the molecule is CC(=O)C1(C)OC(N)=C(C#N)C1(C#N)C#N. The molecule has 1 heterocycles. The molecule has 6 nitrogen and oxygen atoms in total. The molecule has 0 aromatic rings. The summed E-state index contributed by atoms with van der Waals surface area (Å²) < 4.78 is 5.05. The molecule has 2 N–H and O–H groups in total. The van der Waals surface area contributed by atoms with E-state index in [-0.39, 0.29) is 11.5 Å². The third-order valence-electron chi connectivity index (χ3n) is 2.77. The van der Waals surface area contributed by atoms with E-state index in [0.717, 1.165) is 0 Å². The van der Waals surface area contributed by atoms with E-state index in [9.17, 15) is 4.79 Å². The minimum atomic E-state index is -1.97. The van der Waals surface area contributed by atoms with Gasteiger partial charge in [-0.15, -0.1) is 0 Å². The van der Waals surface area contributed by atoms with E-state index in [1.54, 1.807) is 18.2 Å². The van der Waals surface area contributed by atoms with E-state index in [0.29, 0.717) is 0 Å². The van der Waals surface area contributed by atoms with Crippen molar-refractivity contribution in [2.24, 2.45) is 11.1 Å². The largest absolute Gasteiger partial charge is 0.461 e. The summed E-state index contributed by atoms with van der Waals surface area (Å²) in [6, 6.07) is 4.98. The van der Waals surface area contributed by atoms with Gasteiger partial charge >= 0.3 is 0 Å². The summed E-state index contributed by atoms with van der Waals surface area (Å²) in [5.74, 6) is -0.882. The number of ether oxygens (including phenoxy) is 1. The highest BCUT2D eigenvalue weighted by molar-refractivity contribution is 5.89. The molecular formula is C10H8N4O2. The molecule has 0 saturated heterocycles. The highest BCUT2D eigenvalue weighted by Crippen LogP contribution is 2.47. The quantitative estimate of drug-likeness (QED) is 0.662. The minimum Gasteiger partial charge on any atom is -0.461 e. The molecule has 0 bridgehead atoms. The molecule has 0 aromatic carbocycles. The predicted molar refractivity (Wildman–Crippen MR) is 50.7 cm³/mol. The maximum Gasteiger partial charge on any atom is 0.229 e. The first-order valence-electron chi connectivity index (χ1n) is 4.32. The van der Waals surface area contributed by atoms with Gasteiger partial charge in [0.25, 0.3) is 0 Å². The lowest BCUT2D eigenvalue weighted by atomic mass is 9.70. The summed E-state index contributed by atoms with van der Waals surface area (Å²) in [6.45, 7) is 2.45. The molecule has 0 aliphatic carbocycles. The van der Waals surface area contributed by atoms with Crippen molar-refractivity contribution in [1.29, 1.82) is 15.8 Å². The van der Waals surface area contributed by atoms with Gasteiger partial charge in [0.2, 0.25) is 16.9 Å². The number of ketones is 1. The number of nitrogens with zero attached hydrogens (tertiary/aromatic N) is 3. The lowest BCUT2D eigenvalue weighted by Crippen LogP contribution is -2.48. The van der Waals surface area contributed by atoms with Crippen LogP contribution in [0.15, 0.2) is 11.5 Å². The van der Waals surface area contributed by atoms with Crippen LogP contribution in [0.4, 0.5) is 0 Å². The summed E-state index contributed by atoms with van der Waals surface area (Å²) in [6.07, 6.45) is 0. The Kier molecular flexibility index (Phi) is 2.35. The first kappa shape index (κ1) is 11.6. The van der Waals surface area contributed by atoms with Gasteiger partial charge in [-0.25, -0.2) is 0 Å². The number of nitrogens with two attached hydrogens (primary N) is 1. The number of hydrogen-bond donors (Lipinski definition) is 1. The molecular weight excluding hydrogens is 208 g/mol. The fourth-order valence-corrected chi connectivity index (χ4v) is 1.60. The molecule has 6 heteroatoms. The highest BCUT2D eigenvalue weighted by Gasteiger charge is 2.64. The van der Waals surface area contributed by atoms with Gasteiger partial charge in [0.1, 0.15) is 11.6 Å². The molecule has 0 radical (unpaired) electrons.